The minimum Gasteiger partial charge on any atom is -0.465 e. The molecule has 0 radical (unpaired) electrons. The van der Waals surface area contributed by atoms with E-state index in [0.717, 1.165) is 7.11 Å². The second-order valence-corrected chi connectivity index (χ2v) is 3.49. The van der Waals surface area contributed by atoms with Crippen molar-refractivity contribution in [3.8, 4) is 0 Å². The van der Waals surface area contributed by atoms with E-state index in [-0.39, 0.29) is 0 Å². The number of carbonyl (C=O) groups is 1. The predicted octanol–water partition coefficient (Wildman–Crippen LogP) is 1.63. The molecule has 0 N–H and O–H groups in total. The minimum atomic E-state index is -4.62. The zero-order chi connectivity index (χ0) is 11.9. The van der Waals surface area contributed by atoms with Gasteiger partial charge in [0.25, 0.3) is 0 Å². The molecule has 0 aromatic carbocycles. The highest BCUT2D eigenvalue weighted by Crippen LogP contribution is 2.34. The van der Waals surface area contributed by atoms with Crippen LogP contribution in [0.1, 0.15) is 28.2 Å². The number of fused-ring (bicyclic) bond motifs is 1. The van der Waals surface area contributed by atoms with Gasteiger partial charge >= 0.3 is 12.1 Å². The van der Waals surface area contributed by atoms with E-state index in [1.165, 1.54) is 4.68 Å². The van der Waals surface area contributed by atoms with Crippen LogP contribution >= 0.6 is 0 Å². The van der Waals surface area contributed by atoms with Crippen LogP contribution in [-0.4, -0.2) is 22.9 Å². The van der Waals surface area contributed by atoms with E-state index in [1.807, 2.05) is 0 Å². The Balaban J connectivity index is 2.58. The first-order chi connectivity index (χ1) is 7.45. The summed E-state index contributed by atoms with van der Waals surface area (Å²) in [5, 5.41) is 3.42. The van der Waals surface area contributed by atoms with Gasteiger partial charge in [-0.3, -0.25) is 4.68 Å². The van der Waals surface area contributed by atoms with Crippen LogP contribution in [0.2, 0.25) is 0 Å². The molecule has 7 heteroatoms. The molecule has 88 valence electrons. The topological polar surface area (TPSA) is 44.1 Å². The summed E-state index contributed by atoms with van der Waals surface area (Å²) in [5.41, 5.74) is -1.26. The summed E-state index contributed by atoms with van der Waals surface area (Å²) >= 11 is 0. The smallest absolute Gasteiger partial charge is 0.436 e. The van der Waals surface area contributed by atoms with Gasteiger partial charge in [0.15, 0.2) is 5.69 Å². The normalized spacial score (nSPS) is 15.0. The first-order valence-electron chi connectivity index (χ1n) is 4.70. The Morgan fingerprint density at radius 2 is 2.19 bits per heavy atom. The number of methoxy groups -OCH3 is 1. The van der Waals surface area contributed by atoms with Gasteiger partial charge in [0.05, 0.1) is 12.8 Å². The molecule has 1 aliphatic heterocycles. The number of hydrogen-bond acceptors (Lipinski definition) is 3. The van der Waals surface area contributed by atoms with Gasteiger partial charge in [0.2, 0.25) is 0 Å². The molecule has 2 rings (SSSR count). The lowest BCUT2D eigenvalue weighted by Gasteiger charge is -2.05. The Labute approximate surface area is 89.0 Å². The van der Waals surface area contributed by atoms with Crippen molar-refractivity contribution < 1.29 is 22.7 Å². The molecule has 0 fully saturated rings. The third-order valence-corrected chi connectivity index (χ3v) is 2.50. The number of ether oxygens (including phenoxy) is 1. The molecular weight excluding hydrogens is 225 g/mol. The number of halogens is 3. The van der Waals surface area contributed by atoms with Crippen molar-refractivity contribution in [2.24, 2.45) is 0 Å². The van der Waals surface area contributed by atoms with Gasteiger partial charge in [-0.05, 0) is 12.8 Å². The second-order valence-electron chi connectivity index (χ2n) is 3.49. The van der Waals surface area contributed by atoms with Crippen LogP contribution in [0.25, 0.3) is 0 Å². The van der Waals surface area contributed by atoms with Gasteiger partial charge in [0, 0.05) is 6.54 Å². The number of rotatable bonds is 1. The lowest BCUT2D eigenvalue weighted by atomic mass is 10.1. The fraction of sp³-hybridized carbons (Fsp3) is 0.556. The first-order valence-corrected chi connectivity index (χ1v) is 4.70. The summed E-state index contributed by atoms with van der Waals surface area (Å²) in [6.45, 7) is 0.412. The highest BCUT2D eigenvalue weighted by molar-refractivity contribution is 5.92. The molecule has 4 nitrogen and oxygen atoms in total. The van der Waals surface area contributed by atoms with Gasteiger partial charge in [-0.2, -0.15) is 18.3 Å². The molecule has 0 aliphatic carbocycles. The fourth-order valence-corrected chi connectivity index (χ4v) is 1.85. The maximum absolute atomic E-state index is 12.6. The molecule has 1 aromatic rings. The van der Waals surface area contributed by atoms with Gasteiger partial charge in [-0.25, -0.2) is 4.79 Å². The fourth-order valence-electron chi connectivity index (χ4n) is 1.85. The van der Waals surface area contributed by atoms with Crippen molar-refractivity contribution in [2.45, 2.75) is 25.6 Å². The highest BCUT2D eigenvalue weighted by Gasteiger charge is 2.42. The third-order valence-electron chi connectivity index (χ3n) is 2.50. The van der Waals surface area contributed by atoms with Crippen LogP contribution in [-0.2, 0) is 23.9 Å². The summed E-state index contributed by atoms with van der Waals surface area (Å²) in [7, 11) is 1.06. The summed E-state index contributed by atoms with van der Waals surface area (Å²) in [5.74, 6) is -0.976. The second kappa shape index (κ2) is 3.50. The molecule has 0 bridgehead atoms. The van der Waals surface area contributed by atoms with Crippen LogP contribution in [0.5, 0.6) is 0 Å². The van der Waals surface area contributed by atoms with E-state index in [0.29, 0.717) is 25.1 Å². The predicted molar refractivity (Wildman–Crippen MR) is 46.9 cm³/mol. The Bertz CT molecular complexity index is 437. The molecule has 1 aliphatic rings. The van der Waals surface area contributed by atoms with E-state index in [9.17, 15) is 18.0 Å². The Morgan fingerprint density at radius 3 is 2.75 bits per heavy atom. The minimum absolute atomic E-state index is 0.319. The van der Waals surface area contributed by atoms with Crippen LogP contribution in [0.4, 0.5) is 13.2 Å². The highest BCUT2D eigenvalue weighted by atomic mass is 19.4. The maximum Gasteiger partial charge on any atom is 0.436 e. The monoisotopic (exact) mass is 234 g/mol. The van der Waals surface area contributed by atoms with E-state index in [2.05, 4.69) is 9.84 Å². The molecule has 1 aromatic heterocycles. The van der Waals surface area contributed by atoms with Crippen molar-refractivity contribution in [1.29, 1.82) is 0 Å². The van der Waals surface area contributed by atoms with Crippen molar-refractivity contribution >= 4 is 5.97 Å². The molecule has 16 heavy (non-hydrogen) atoms. The summed E-state index contributed by atoms with van der Waals surface area (Å²) in [6.07, 6.45) is -3.50. The zero-order valence-electron chi connectivity index (χ0n) is 8.47. The van der Waals surface area contributed by atoms with Gasteiger partial charge in [0.1, 0.15) is 5.56 Å². The average Bonchev–Trinajstić information content (AvgIpc) is 2.73. The summed E-state index contributed by atoms with van der Waals surface area (Å²) < 4.78 is 43.4. The number of carbonyl (C=O) groups excluding carboxylic acids is 1. The van der Waals surface area contributed by atoms with Crippen molar-refractivity contribution in [1.82, 2.24) is 9.78 Å². The molecule has 0 spiro atoms. The van der Waals surface area contributed by atoms with Crippen LogP contribution in [0.15, 0.2) is 0 Å². The van der Waals surface area contributed by atoms with Gasteiger partial charge in [-0.1, -0.05) is 0 Å². The Kier molecular flexibility index (Phi) is 2.40. The van der Waals surface area contributed by atoms with Gasteiger partial charge in [-0.15, -0.1) is 0 Å². The summed E-state index contributed by atoms with van der Waals surface area (Å²) in [4.78, 5) is 11.3. The van der Waals surface area contributed by atoms with Crippen molar-refractivity contribution in [3.63, 3.8) is 0 Å². The van der Waals surface area contributed by atoms with Crippen LogP contribution in [0, 0.1) is 0 Å². The molecule has 0 saturated heterocycles. The molecular formula is C9H9F3N2O2. The standard InChI is InChI=1S/C9H9F3N2O2/c1-16-8(15)6-5-3-2-4-14(5)13-7(6)9(10,11)12/h2-4H2,1H3. The molecule has 2 heterocycles. The lowest BCUT2D eigenvalue weighted by molar-refractivity contribution is -0.142. The first kappa shape index (κ1) is 11.0. The van der Waals surface area contributed by atoms with Crippen molar-refractivity contribution in [2.75, 3.05) is 7.11 Å². The summed E-state index contributed by atoms with van der Waals surface area (Å²) in [6, 6.07) is 0. The van der Waals surface area contributed by atoms with E-state index >= 15 is 0 Å². The third kappa shape index (κ3) is 1.56. The zero-order valence-corrected chi connectivity index (χ0v) is 8.47. The number of aryl methyl sites for hydroxylation is 1. The molecule has 0 unspecified atom stereocenters. The molecule has 0 amide bonds. The number of nitrogens with zero attached hydrogens (tertiary/aromatic N) is 2. The Hall–Kier alpha value is -1.53. The quantitative estimate of drug-likeness (QED) is 0.694. The molecule has 0 atom stereocenters. The van der Waals surface area contributed by atoms with Crippen LogP contribution in [0.3, 0.4) is 0 Å². The maximum atomic E-state index is 12.6. The molecule has 0 saturated carbocycles. The Morgan fingerprint density at radius 1 is 1.50 bits per heavy atom. The number of hydrogen-bond donors (Lipinski definition) is 0. The van der Waals surface area contributed by atoms with Crippen LogP contribution < -0.4 is 0 Å². The average molecular weight is 234 g/mol. The SMILES string of the molecule is COC(=O)c1c(C(F)(F)F)nn2c1CCC2. The number of alkyl halides is 3. The van der Waals surface area contributed by atoms with E-state index < -0.39 is 23.4 Å². The lowest BCUT2D eigenvalue weighted by Crippen LogP contribution is -2.14. The van der Waals surface area contributed by atoms with Gasteiger partial charge < -0.3 is 4.74 Å². The van der Waals surface area contributed by atoms with E-state index in [1.54, 1.807) is 0 Å². The van der Waals surface area contributed by atoms with E-state index in [4.69, 9.17) is 0 Å². The largest absolute Gasteiger partial charge is 0.465 e. The number of aromatic nitrogens is 2. The van der Waals surface area contributed by atoms with Crippen molar-refractivity contribution in [3.05, 3.63) is 17.0 Å². The number of esters is 1.